The summed E-state index contributed by atoms with van der Waals surface area (Å²) in [5, 5.41) is 10.9. The fraction of sp³-hybridized carbons (Fsp3) is 0.727. The maximum Gasteiger partial charge on any atom is 0.318 e. The fourth-order valence-corrected chi connectivity index (χ4v) is 1.46. The number of hydrogen-bond donors (Lipinski definition) is 2. The number of anilines is 1. The monoisotopic (exact) mass is 255 g/mol. The largest absolute Gasteiger partial charge is 0.407 e. The molecule has 0 aliphatic carbocycles. The van der Waals surface area contributed by atoms with Gasteiger partial charge in [0.2, 0.25) is 11.8 Å². The smallest absolute Gasteiger partial charge is 0.318 e. The summed E-state index contributed by atoms with van der Waals surface area (Å²) < 4.78 is 5.48. The molecule has 0 aliphatic heterocycles. The molecule has 7 heteroatoms. The van der Waals surface area contributed by atoms with Gasteiger partial charge >= 0.3 is 6.01 Å². The van der Waals surface area contributed by atoms with Crippen molar-refractivity contribution in [2.75, 3.05) is 24.5 Å². The van der Waals surface area contributed by atoms with E-state index in [4.69, 9.17) is 10.2 Å². The van der Waals surface area contributed by atoms with Gasteiger partial charge < -0.3 is 20.4 Å². The Morgan fingerprint density at radius 3 is 2.83 bits per heavy atom. The van der Waals surface area contributed by atoms with Crippen molar-refractivity contribution in [2.24, 2.45) is 5.73 Å². The maximum atomic E-state index is 11.0. The van der Waals surface area contributed by atoms with E-state index in [1.165, 1.54) is 0 Å². The van der Waals surface area contributed by atoms with E-state index in [0.29, 0.717) is 25.0 Å². The van der Waals surface area contributed by atoms with Gasteiger partial charge in [-0.1, -0.05) is 25.4 Å². The number of primary amides is 1. The summed E-state index contributed by atoms with van der Waals surface area (Å²) in [6.45, 7) is 6.22. The molecule has 0 saturated heterocycles. The van der Waals surface area contributed by atoms with Crippen molar-refractivity contribution in [3.05, 3.63) is 5.89 Å². The molecule has 3 N–H and O–H groups in total. The van der Waals surface area contributed by atoms with E-state index in [2.05, 4.69) is 22.4 Å². The number of carbonyl (C=O) groups excluding carboxylic acids is 1. The Labute approximate surface area is 107 Å². The number of aromatic nitrogens is 2. The zero-order valence-electron chi connectivity index (χ0n) is 11.0. The van der Waals surface area contributed by atoms with Crippen LogP contribution in [-0.4, -0.2) is 35.7 Å². The van der Waals surface area contributed by atoms with Crippen LogP contribution >= 0.6 is 0 Å². The first kappa shape index (κ1) is 14.4. The lowest BCUT2D eigenvalue weighted by Crippen LogP contribution is -2.34. The molecule has 7 nitrogen and oxygen atoms in total. The minimum atomic E-state index is -0.405. The Morgan fingerprint density at radius 2 is 2.22 bits per heavy atom. The number of unbranched alkanes of at least 4 members (excludes halogenated alkanes) is 1. The van der Waals surface area contributed by atoms with Crippen molar-refractivity contribution < 1.29 is 9.21 Å². The lowest BCUT2D eigenvalue weighted by molar-refractivity contribution is -0.116. The zero-order valence-corrected chi connectivity index (χ0v) is 11.0. The molecule has 1 aromatic rings. The topological polar surface area (TPSA) is 97.3 Å². The second-order valence-corrected chi connectivity index (χ2v) is 4.00. The van der Waals surface area contributed by atoms with E-state index in [9.17, 15) is 4.79 Å². The first-order valence-electron chi connectivity index (χ1n) is 6.23. The third-order valence-electron chi connectivity index (χ3n) is 2.38. The Bertz CT molecular complexity index is 366. The van der Waals surface area contributed by atoms with Crippen molar-refractivity contribution in [3.63, 3.8) is 0 Å². The molecule has 1 rings (SSSR count). The SMILES string of the molecule is CCCCN(CC(N)=O)c1nnc(CNCC)o1. The third kappa shape index (κ3) is 4.70. The average Bonchev–Trinajstić information content (AvgIpc) is 2.80. The summed E-state index contributed by atoms with van der Waals surface area (Å²) in [6, 6.07) is 0.357. The second-order valence-electron chi connectivity index (χ2n) is 4.00. The quantitative estimate of drug-likeness (QED) is 0.657. The van der Waals surface area contributed by atoms with Crippen LogP contribution in [0.3, 0.4) is 0 Å². The van der Waals surface area contributed by atoms with Crippen molar-refractivity contribution >= 4 is 11.9 Å². The van der Waals surface area contributed by atoms with Gasteiger partial charge in [0.25, 0.3) is 0 Å². The van der Waals surface area contributed by atoms with Crippen LogP contribution < -0.4 is 16.0 Å². The van der Waals surface area contributed by atoms with E-state index in [-0.39, 0.29) is 6.54 Å². The predicted molar refractivity (Wildman–Crippen MR) is 68.0 cm³/mol. The molecule has 0 saturated carbocycles. The molecular weight excluding hydrogens is 234 g/mol. The Balaban J connectivity index is 2.65. The van der Waals surface area contributed by atoms with Crippen LogP contribution in [0.1, 0.15) is 32.6 Å². The molecule has 0 radical (unpaired) electrons. The van der Waals surface area contributed by atoms with Gasteiger partial charge in [-0.2, -0.15) is 0 Å². The van der Waals surface area contributed by atoms with Crippen LogP contribution in [0.25, 0.3) is 0 Å². The summed E-state index contributed by atoms with van der Waals surface area (Å²) in [7, 11) is 0. The zero-order chi connectivity index (χ0) is 13.4. The lowest BCUT2D eigenvalue weighted by atomic mass is 10.3. The Hall–Kier alpha value is -1.63. The molecule has 0 aliphatic rings. The molecule has 0 fully saturated rings. The van der Waals surface area contributed by atoms with E-state index >= 15 is 0 Å². The van der Waals surface area contributed by atoms with Crippen molar-refractivity contribution in [1.29, 1.82) is 0 Å². The van der Waals surface area contributed by atoms with E-state index in [1.807, 2.05) is 6.92 Å². The highest BCUT2D eigenvalue weighted by molar-refractivity contribution is 5.78. The number of nitrogens with one attached hydrogen (secondary N) is 1. The Kier molecular flexibility index (Phi) is 6.13. The highest BCUT2D eigenvalue weighted by atomic mass is 16.4. The van der Waals surface area contributed by atoms with Crippen molar-refractivity contribution in [2.45, 2.75) is 33.2 Å². The first-order valence-corrected chi connectivity index (χ1v) is 6.23. The second kappa shape index (κ2) is 7.65. The summed E-state index contributed by atoms with van der Waals surface area (Å²) in [6.07, 6.45) is 1.96. The summed E-state index contributed by atoms with van der Waals surface area (Å²) in [4.78, 5) is 12.7. The van der Waals surface area contributed by atoms with Gasteiger partial charge in [-0.15, -0.1) is 5.10 Å². The van der Waals surface area contributed by atoms with Crippen LogP contribution in [0, 0.1) is 0 Å². The van der Waals surface area contributed by atoms with E-state index in [1.54, 1.807) is 4.90 Å². The van der Waals surface area contributed by atoms with Gasteiger partial charge in [0, 0.05) is 6.54 Å². The van der Waals surface area contributed by atoms with Gasteiger partial charge in [-0.05, 0) is 13.0 Å². The molecule has 0 spiro atoms. The minimum absolute atomic E-state index is 0.100. The maximum absolute atomic E-state index is 11.0. The van der Waals surface area contributed by atoms with Gasteiger partial charge in [-0.3, -0.25) is 4.79 Å². The standard InChI is InChI=1S/C11H21N5O2/c1-3-5-6-16(8-9(12)17)11-15-14-10(18-11)7-13-4-2/h13H,3-8H2,1-2H3,(H2,12,17). The van der Waals surface area contributed by atoms with E-state index < -0.39 is 5.91 Å². The molecular formula is C11H21N5O2. The number of hydrogen-bond acceptors (Lipinski definition) is 6. The van der Waals surface area contributed by atoms with Crippen LogP contribution in [0.4, 0.5) is 6.01 Å². The van der Waals surface area contributed by atoms with Gasteiger partial charge in [0.1, 0.15) is 6.54 Å². The molecule has 0 unspecified atom stereocenters. The number of nitrogens with two attached hydrogens (primary N) is 1. The van der Waals surface area contributed by atoms with Crippen molar-refractivity contribution in [1.82, 2.24) is 15.5 Å². The van der Waals surface area contributed by atoms with E-state index in [0.717, 1.165) is 19.4 Å². The Morgan fingerprint density at radius 1 is 1.44 bits per heavy atom. The molecule has 0 atom stereocenters. The molecule has 102 valence electrons. The van der Waals surface area contributed by atoms with Crippen LogP contribution in [0.2, 0.25) is 0 Å². The number of nitrogens with zero attached hydrogens (tertiary/aromatic N) is 3. The summed E-state index contributed by atoms with van der Waals surface area (Å²) in [5.74, 6) is 0.107. The van der Waals surface area contributed by atoms with Gasteiger partial charge in [0.15, 0.2) is 0 Å². The van der Waals surface area contributed by atoms with Crippen LogP contribution in [0.5, 0.6) is 0 Å². The molecule has 0 bridgehead atoms. The number of amides is 1. The molecule has 1 aromatic heterocycles. The average molecular weight is 255 g/mol. The van der Waals surface area contributed by atoms with Crippen LogP contribution in [0.15, 0.2) is 4.42 Å². The summed E-state index contributed by atoms with van der Waals surface area (Å²) >= 11 is 0. The number of carbonyl (C=O) groups is 1. The summed E-state index contributed by atoms with van der Waals surface area (Å²) in [5.41, 5.74) is 5.21. The molecule has 1 amide bonds. The van der Waals surface area contributed by atoms with Gasteiger partial charge in [0.05, 0.1) is 6.54 Å². The van der Waals surface area contributed by atoms with Crippen LogP contribution in [-0.2, 0) is 11.3 Å². The fourth-order valence-electron chi connectivity index (χ4n) is 1.46. The molecule has 1 heterocycles. The third-order valence-corrected chi connectivity index (χ3v) is 2.38. The normalized spacial score (nSPS) is 10.6. The van der Waals surface area contributed by atoms with Gasteiger partial charge in [-0.25, -0.2) is 0 Å². The highest BCUT2D eigenvalue weighted by Gasteiger charge is 2.15. The first-order chi connectivity index (χ1) is 8.67. The van der Waals surface area contributed by atoms with Crippen molar-refractivity contribution in [3.8, 4) is 0 Å². The minimum Gasteiger partial charge on any atom is -0.407 e. The number of rotatable bonds is 9. The molecule has 0 aromatic carbocycles. The lowest BCUT2D eigenvalue weighted by Gasteiger charge is -2.17. The molecule has 18 heavy (non-hydrogen) atoms. The predicted octanol–water partition coefficient (Wildman–Crippen LogP) is 0.271. The highest BCUT2D eigenvalue weighted by Crippen LogP contribution is 2.12.